The molecule has 1 aromatic heterocycles. The van der Waals surface area contributed by atoms with Crippen LogP contribution in [-0.2, 0) is 6.42 Å². The molecular weight excluding hydrogens is 297 g/mol. The second-order valence-electron chi connectivity index (χ2n) is 4.90. The highest BCUT2D eigenvalue weighted by Gasteiger charge is 2.08. The fourth-order valence-corrected chi connectivity index (χ4v) is 3.07. The number of halogens is 1. The molecule has 112 valence electrons. The van der Waals surface area contributed by atoms with Gasteiger partial charge in [0.2, 0.25) is 0 Å². The maximum Gasteiger partial charge on any atom is 0.126 e. The Morgan fingerprint density at radius 3 is 2.50 bits per heavy atom. The van der Waals surface area contributed by atoms with Crippen LogP contribution < -0.4 is 10.1 Å². The van der Waals surface area contributed by atoms with Crippen LogP contribution in [0.4, 0.5) is 15.1 Å². The third-order valence-corrected chi connectivity index (χ3v) is 4.31. The van der Waals surface area contributed by atoms with Gasteiger partial charge in [-0.25, -0.2) is 4.39 Å². The molecule has 3 aromatic rings. The highest BCUT2D eigenvalue weighted by atomic mass is 32.1. The summed E-state index contributed by atoms with van der Waals surface area (Å²) in [5.74, 6) is 0.660. The molecule has 1 N–H and O–H groups in total. The van der Waals surface area contributed by atoms with Crippen molar-refractivity contribution in [1.82, 2.24) is 0 Å². The Morgan fingerprint density at radius 1 is 1.00 bits per heavy atom. The third kappa shape index (κ3) is 3.28. The first-order chi connectivity index (χ1) is 10.8. The molecule has 0 saturated heterocycles. The molecule has 0 fully saturated rings. The largest absolute Gasteiger partial charge is 0.497 e. The number of ether oxygens (including phenoxy) is 1. The SMILES string of the molecule is COc1ccc(Nc2sccc2Cc2ccccc2F)cc1. The molecule has 0 radical (unpaired) electrons. The molecule has 0 saturated carbocycles. The summed E-state index contributed by atoms with van der Waals surface area (Å²) in [5.41, 5.74) is 2.78. The highest BCUT2D eigenvalue weighted by molar-refractivity contribution is 7.14. The summed E-state index contributed by atoms with van der Waals surface area (Å²) in [5, 5.41) is 6.44. The van der Waals surface area contributed by atoms with Gasteiger partial charge in [0.1, 0.15) is 11.6 Å². The minimum absolute atomic E-state index is 0.163. The van der Waals surface area contributed by atoms with Gasteiger partial charge in [-0.2, -0.15) is 0 Å². The zero-order valence-corrected chi connectivity index (χ0v) is 13.0. The summed E-state index contributed by atoms with van der Waals surface area (Å²) in [4.78, 5) is 0. The van der Waals surface area contributed by atoms with Gasteiger partial charge in [-0.15, -0.1) is 11.3 Å². The minimum atomic E-state index is -0.163. The monoisotopic (exact) mass is 313 g/mol. The predicted molar refractivity (Wildman–Crippen MR) is 89.8 cm³/mol. The van der Waals surface area contributed by atoms with E-state index in [-0.39, 0.29) is 5.82 Å². The molecule has 0 atom stereocenters. The number of thiophene rings is 1. The second-order valence-corrected chi connectivity index (χ2v) is 5.81. The summed E-state index contributed by atoms with van der Waals surface area (Å²) in [7, 11) is 1.65. The number of nitrogens with one attached hydrogen (secondary N) is 1. The van der Waals surface area contributed by atoms with Crippen LogP contribution in [0, 0.1) is 5.82 Å². The van der Waals surface area contributed by atoms with Crippen molar-refractivity contribution < 1.29 is 9.13 Å². The molecule has 2 nitrogen and oxygen atoms in total. The number of rotatable bonds is 5. The maximum absolute atomic E-state index is 13.8. The summed E-state index contributed by atoms with van der Waals surface area (Å²) < 4.78 is 18.9. The highest BCUT2D eigenvalue weighted by Crippen LogP contribution is 2.30. The Kier molecular flexibility index (Phi) is 4.39. The van der Waals surface area contributed by atoms with E-state index in [1.54, 1.807) is 24.5 Å². The van der Waals surface area contributed by atoms with Crippen molar-refractivity contribution in [3.63, 3.8) is 0 Å². The number of anilines is 2. The van der Waals surface area contributed by atoms with Crippen molar-refractivity contribution in [2.45, 2.75) is 6.42 Å². The normalized spacial score (nSPS) is 10.5. The maximum atomic E-state index is 13.8. The molecule has 2 aromatic carbocycles. The van der Waals surface area contributed by atoms with Gasteiger partial charge in [0.25, 0.3) is 0 Å². The molecule has 0 aliphatic rings. The summed E-state index contributed by atoms with van der Waals surface area (Å²) >= 11 is 1.61. The first-order valence-electron chi connectivity index (χ1n) is 6.97. The molecule has 0 aliphatic carbocycles. The number of benzene rings is 2. The molecule has 0 spiro atoms. The van der Waals surface area contributed by atoms with E-state index >= 15 is 0 Å². The number of hydrogen-bond acceptors (Lipinski definition) is 3. The average molecular weight is 313 g/mol. The van der Waals surface area contributed by atoms with Gasteiger partial charge in [-0.05, 0) is 52.9 Å². The van der Waals surface area contributed by atoms with Crippen molar-refractivity contribution >= 4 is 22.0 Å². The van der Waals surface area contributed by atoms with E-state index in [1.807, 2.05) is 47.8 Å². The van der Waals surface area contributed by atoms with Crippen molar-refractivity contribution in [2.75, 3.05) is 12.4 Å². The molecule has 4 heteroatoms. The first-order valence-corrected chi connectivity index (χ1v) is 7.85. The summed E-state index contributed by atoms with van der Waals surface area (Å²) in [6.07, 6.45) is 0.578. The Hall–Kier alpha value is -2.33. The second kappa shape index (κ2) is 6.62. The van der Waals surface area contributed by atoms with Gasteiger partial charge in [-0.3, -0.25) is 0 Å². The Morgan fingerprint density at radius 2 is 1.77 bits per heavy atom. The molecule has 0 unspecified atom stereocenters. The van der Waals surface area contributed by atoms with Crippen LogP contribution in [0.3, 0.4) is 0 Å². The molecule has 0 aliphatic heterocycles. The van der Waals surface area contributed by atoms with Crippen molar-refractivity contribution in [1.29, 1.82) is 0 Å². The lowest BCUT2D eigenvalue weighted by Crippen LogP contribution is -1.95. The van der Waals surface area contributed by atoms with Gasteiger partial charge in [0.05, 0.1) is 12.1 Å². The Bertz CT molecular complexity index is 752. The van der Waals surface area contributed by atoms with Gasteiger partial charge < -0.3 is 10.1 Å². The quantitative estimate of drug-likeness (QED) is 0.696. The fraction of sp³-hybridized carbons (Fsp3) is 0.111. The van der Waals surface area contributed by atoms with E-state index in [1.165, 1.54) is 6.07 Å². The fourth-order valence-electron chi connectivity index (χ4n) is 2.24. The third-order valence-electron chi connectivity index (χ3n) is 3.43. The molecule has 22 heavy (non-hydrogen) atoms. The van der Waals surface area contributed by atoms with Crippen LogP contribution in [0.25, 0.3) is 0 Å². The minimum Gasteiger partial charge on any atom is -0.497 e. The molecule has 1 heterocycles. The lowest BCUT2D eigenvalue weighted by Gasteiger charge is -2.09. The van der Waals surface area contributed by atoms with Crippen LogP contribution >= 0.6 is 11.3 Å². The molecular formula is C18H16FNOS. The Labute approximate surface area is 133 Å². The lowest BCUT2D eigenvalue weighted by atomic mass is 10.1. The van der Waals surface area contributed by atoms with Crippen LogP contribution in [0.15, 0.2) is 60.0 Å². The topological polar surface area (TPSA) is 21.3 Å². The van der Waals surface area contributed by atoms with Crippen molar-refractivity contribution in [3.05, 3.63) is 76.9 Å². The van der Waals surface area contributed by atoms with Crippen LogP contribution in [0.1, 0.15) is 11.1 Å². The van der Waals surface area contributed by atoms with E-state index < -0.39 is 0 Å². The number of hydrogen-bond donors (Lipinski definition) is 1. The predicted octanol–water partition coefficient (Wildman–Crippen LogP) is 5.23. The number of methoxy groups -OCH3 is 1. The van der Waals surface area contributed by atoms with Crippen LogP contribution in [0.2, 0.25) is 0 Å². The zero-order valence-electron chi connectivity index (χ0n) is 12.2. The van der Waals surface area contributed by atoms with Crippen LogP contribution in [0.5, 0.6) is 5.75 Å². The summed E-state index contributed by atoms with van der Waals surface area (Å²) in [6, 6.07) is 16.7. The standard InChI is InChI=1S/C18H16FNOS/c1-21-16-8-6-15(7-9-16)20-18-14(10-11-22-18)12-13-4-2-3-5-17(13)19/h2-11,20H,12H2,1H3. The average Bonchev–Trinajstić information content (AvgIpc) is 2.97. The zero-order chi connectivity index (χ0) is 15.4. The van der Waals surface area contributed by atoms with Crippen molar-refractivity contribution in [2.24, 2.45) is 0 Å². The van der Waals surface area contributed by atoms with E-state index in [0.29, 0.717) is 12.0 Å². The van der Waals surface area contributed by atoms with E-state index in [0.717, 1.165) is 22.0 Å². The van der Waals surface area contributed by atoms with E-state index in [2.05, 4.69) is 5.32 Å². The molecule has 0 amide bonds. The summed E-state index contributed by atoms with van der Waals surface area (Å²) in [6.45, 7) is 0. The Balaban J connectivity index is 1.78. The van der Waals surface area contributed by atoms with Gasteiger partial charge in [0.15, 0.2) is 0 Å². The van der Waals surface area contributed by atoms with Crippen molar-refractivity contribution in [3.8, 4) is 5.75 Å². The molecule has 0 bridgehead atoms. The first kappa shape index (κ1) is 14.6. The lowest BCUT2D eigenvalue weighted by molar-refractivity contribution is 0.415. The van der Waals surface area contributed by atoms with E-state index in [9.17, 15) is 4.39 Å². The molecule has 3 rings (SSSR count). The van der Waals surface area contributed by atoms with Gasteiger partial charge in [0, 0.05) is 12.1 Å². The van der Waals surface area contributed by atoms with Gasteiger partial charge in [-0.1, -0.05) is 18.2 Å². The van der Waals surface area contributed by atoms with Crippen LogP contribution in [-0.4, -0.2) is 7.11 Å². The van der Waals surface area contributed by atoms with E-state index in [4.69, 9.17) is 4.74 Å². The smallest absolute Gasteiger partial charge is 0.126 e. The van der Waals surface area contributed by atoms with Gasteiger partial charge >= 0.3 is 0 Å².